The van der Waals surface area contributed by atoms with Crippen molar-refractivity contribution in [3.8, 4) is 0 Å². The van der Waals surface area contributed by atoms with Crippen LogP contribution in [0.5, 0.6) is 0 Å². The fourth-order valence-corrected chi connectivity index (χ4v) is 4.30. The van der Waals surface area contributed by atoms with E-state index in [1.807, 2.05) is 0 Å². The normalized spacial score (nSPS) is 46.0. The van der Waals surface area contributed by atoms with Gasteiger partial charge in [-0.1, -0.05) is 6.92 Å². The highest BCUT2D eigenvalue weighted by atomic mass is 16.2. The van der Waals surface area contributed by atoms with Crippen molar-refractivity contribution >= 4 is 5.91 Å². The fourth-order valence-electron chi connectivity index (χ4n) is 4.30. The van der Waals surface area contributed by atoms with Crippen LogP contribution in [0.25, 0.3) is 0 Å². The largest absolute Gasteiger partial charge is 0.352 e. The monoisotopic (exact) mass is 265 g/mol. The maximum atomic E-state index is 12.4. The molecule has 3 N–H and O–H groups in total. The van der Waals surface area contributed by atoms with Gasteiger partial charge in [-0.15, -0.1) is 0 Å². The summed E-state index contributed by atoms with van der Waals surface area (Å²) in [5, 5.41) is 3.32. The Morgan fingerprint density at radius 2 is 1.95 bits per heavy atom. The number of amides is 1. The minimum Gasteiger partial charge on any atom is -0.352 e. The Hall–Kier alpha value is -0.610. The molecule has 4 nitrogen and oxygen atoms in total. The summed E-state index contributed by atoms with van der Waals surface area (Å²) in [5.74, 6) is 1.71. The molecule has 19 heavy (non-hydrogen) atoms. The van der Waals surface area contributed by atoms with Gasteiger partial charge in [0.05, 0.1) is 0 Å². The average molecular weight is 265 g/mol. The van der Waals surface area contributed by atoms with Crippen LogP contribution in [0.4, 0.5) is 0 Å². The van der Waals surface area contributed by atoms with E-state index in [-0.39, 0.29) is 17.9 Å². The second kappa shape index (κ2) is 5.41. The predicted octanol–water partition coefficient (Wildman–Crippen LogP) is 0.960. The maximum Gasteiger partial charge on any atom is 0.223 e. The van der Waals surface area contributed by atoms with Crippen molar-refractivity contribution in [1.29, 1.82) is 0 Å². The number of hydrogen-bond donors (Lipinski definition) is 2. The molecule has 2 bridgehead atoms. The number of rotatable bonds is 2. The second-order valence-corrected chi connectivity index (χ2v) is 7.02. The molecule has 3 saturated heterocycles. The van der Waals surface area contributed by atoms with Crippen LogP contribution in [0.1, 0.15) is 39.0 Å². The van der Waals surface area contributed by atoms with Crippen LogP contribution in [0, 0.1) is 17.8 Å². The highest BCUT2D eigenvalue weighted by Crippen LogP contribution is 2.30. The molecule has 4 aliphatic rings. The molecule has 4 atom stereocenters. The number of carbonyl (C=O) groups excluding carboxylic acids is 1. The van der Waals surface area contributed by atoms with Crippen molar-refractivity contribution in [2.24, 2.45) is 23.5 Å². The molecule has 0 aromatic carbocycles. The first kappa shape index (κ1) is 13.4. The molecule has 0 spiro atoms. The third-order valence-electron chi connectivity index (χ3n) is 5.33. The van der Waals surface area contributed by atoms with Crippen molar-refractivity contribution in [3.63, 3.8) is 0 Å². The zero-order valence-electron chi connectivity index (χ0n) is 12.0. The van der Waals surface area contributed by atoms with Gasteiger partial charge in [-0.25, -0.2) is 0 Å². The van der Waals surface area contributed by atoms with Crippen molar-refractivity contribution in [2.75, 3.05) is 19.6 Å². The van der Waals surface area contributed by atoms with Gasteiger partial charge in [0.25, 0.3) is 0 Å². The van der Waals surface area contributed by atoms with E-state index in [2.05, 4.69) is 17.1 Å². The molecule has 3 heterocycles. The van der Waals surface area contributed by atoms with E-state index in [9.17, 15) is 4.79 Å². The van der Waals surface area contributed by atoms with Crippen LogP contribution in [-0.4, -0.2) is 42.5 Å². The predicted molar refractivity (Wildman–Crippen MR) is 75.6 cm³/mol. The Morgan fingerprint density at radius 1 is 1.21 bits per heavy atom. The summed E-state index contributed by atoms with van der Waals surface area (Å²) in [7, 11) is 0. The van der Waals surface area contributed by atoms with Crippen LogP contribution >= 0.6 is 0 Å². The molecule has 4 fully saturated rings. The van der Waals surface area contributed by atoms with E-state index >= 15 is 0 Å². The van der Waals surface area contributed by atoms with Gasteiger partial charge in [-0.05, 0) is 57.0 Å². The zero-order chi connectivity index (χ0) is 13.4. The van der Waals surface area contributed by atoms with Gasteiger partial charge in [0, 0.05) is 24.5 Å². The van der Waals surface area contributed by atoms with Crippen LogP contribution < -0.4 is 11.1 Å². The van der Waals surface area contributed by atoms with Crippen molar-refractivity contribution < 1.29 is 4.79 Å². The lowest BCUT2D eigenvalue weighted by atomic mass is 9.78. The van der Waals surface area contributed by atoms with E-state index in [1.54, 1.807) is 0 Å². The quantitative estimate of drug-likeness (QED) is 0.782. The van der Waals surface area contributed by atoms with Gasteiger partial charge in [-0.2, -0.15) is 0 Å². The van der Waals surface area contributed by atoms with Crippen molar-refractivity contribution in [2.45, 2.75) is 51.1 Å². The molecule has 4 rings (SSSR count). The van der Waals surface area contributed by atoms with Crippen LogP contribution in [0.2, 0.25) is 0 Å². The topological polar surface area (TPSA) is 58.4 Å². The first-order valence-electron chi connectivity index (χ1n) is 7.90. The van der Waals surface area contributed by atoms with Gasteiger partial charge in [0.15, 0.2) is 0 Å². The standard InChI is InChI=1S/C15H27N3O/c1-10-6-12(8-13(16)7-10)15(19)17-14-9-18-4-2-11(14)3-5-18/h10-14H,2-9,16H2,1H3,(H,17,19). The number of fused-ring (bicyclic) bond motifs is 3. The van der Waals surface area contributed by atoms with Gasteiger partial charge < -0.3 is 16.0 Å². The van der Waals surface area contributed by atoms with Gasteiger partial charge in [0.1, 0.15) is 0 Å². The molecule has 4 heteroatoms. The number of nitrogens with two attached hydrogens (primary N) is 1. The highest BCUT2D eigenvalue weighted by molar-refractivity contribution is 5.79. The van der Waals surface area contributed by atoms with E-state index in [0.717, 1.165) is 25.8 Å². The summed E-state index contributed by atoms with van der Waals surface area (Å²) >= 11 is 0. The molecular weight excluding hydrogens is 238 g/mol. The summed E-state index contributed by atoms with van der Waals surface area (Å²) in [4.78, 5) is 14.9. The number of piperidine rings is 3. The summed E-state index contributed by atoms with van der Waals surface area (Å²) in [6, 6.07) is 0.606. The molecule has 1 saturated carbocycles. The second-order valence-electron chi connectivity index (χ2n) is 7.02. The summed E-state index contributed by atoms with van der Waals surface area (Å²) in [6.07, 6.45) is 5.47. The highest BCUT2D eigenvalue weighted by Gasteiger charge is 2.37. The lowest BCUT2D eigenvalue weighted by Gasteiger charge is -2.45. The van der Waals surface area contributed by atoms with Crippen molar-refractivity contribution in [1.82, 2.24) is 10.2 Å². The molecule has 4 unspecified atom stereocenters. The first-order valence-corrected chi connectivity index (χ1v) is 7.90. The summed E-state index contributed by atoms with van der Waals surface area (Å²) < 4.78 is 0. The third-order valence-corrected chi connectivity index (χ3v) is 5.33. The van der Waals surface area contributed by atoms with Crippen LogP contribution in [0.15, 0.2) is 0 Å². The molecular formula is C15H27N3O. The third kappa shape index (κ3) is 2.95. The van der Waals surface area contributed by atoms with Crippen molar-refractivity contribution in [3.05, 3.63) is 0 Å². The van der Waals surface area contributed by atoms with E-state index in [1.165, 1.54) is 25.9 Å². The SMILES string of the molecule is CC1CC(N)CC(C(=O)NC2CN3CCC2CC3)C1. The lowest BCUT2D eigenvalue weighted by molar-refractivity contribution is -0.128. The molecule has 1 aliphatic carbocycles. The van der Waals surface area contributed by atoms with E-state index < -0.39 is 0 Å². The molecule has 0 radical (unpaired) electrons. The zero-order valence-corrected chi connectivity index (χ0v) is 12.0. The van der Waals surface area contributed by atoms with Gasteiger partial charge in [0.2, 0.25) is 5.91 Å². The van der Waals surface area contributed by atoms with Crippen LogP contribution in [0.3, 0.4) is 0 Å². The Bertz CT molecular complexity index is 328. The molecule has 3 aliphatic heterocycles. The summed E-state index contributed by atoms with van der Waals surface area (Å²) in [6.45, 7) is 5.73. The van der Waals surface area contributed by atoms with Gasteiger partial charge in [-0.3, -0.25) is 4.79 Å². The smallest absolute Gasteiger partial charge is 0.223 e. The fraction of sp³-hybridized carbons (Fsp3) is 0.933. The average Bonchev–Trinajstić information content (AvgIpc) is 2.39. The Labute approximate surface area is 116 Å². The Balaban J connectivity index is 1.56. The first-order chi connectivity index (χ1) is 9.11. The van der Waals surface area contributed by atoms with E-state index in [4.69, 9.17) is 5.73 Å². The minimum absolute atomic E-state index is 0.147. The Morgan fingerprint density at radius 3 is 2.53 bits per heavy atom. The molecule has 108 valence electrons. The van der Waals surface area contributed by atoms with Crippen LogP contribution in [-0.2, 0) is 4.79 Å². The molecule has 0 aromatic rings. The number of hydrogen-bond acceptors (Lipinski definition) is 3. The number of nitrogens with zero attached hydrogens (tertiary/aromatic N) is 1. The molecule has 0 aromatic heterocycles. The number of carbonyl (C=O) groups is 1. The maximum absolute atomic E-state index is 12.4. The molecule has 1 amide bonds. The Kier molecular flexibility index (Phi) is 3.81. The summed E-state index contributed by atoms with van der Waals surface area (Å²) in [5.41, 5.74) is 6.06. The van der Waals surface area contributed by atoms with Gasteiger partial charge >= 0.3 is 0 Å². The number of nitrogens with one attached hydrogen (secondary N) is 1. The minimum atomic E-state index is 0.147. The lowest BCUT2D eigenvalue weighted by Crippen LogP contribution is -2.58. The van der Waals surface area contributed by atoms with E-state index in [0.29, 0.717) is 17.9 Å².